The number of aromatic amines is 1. The van der Waals surface area contributed by atoms with Crippen LogP contribution in [0.3, 0.4) is 0 Å². The predicted molar refractivity (Wildman–Crippen MR) is 108 cm³/mol. The van der Waals surface area contributed by atoms with E-state index in [1.165, 1.54) is 6.07 Å². The zero-order chi connectivity index (χ0) is 21.7. The molecule has 0 aliphatic rings. The van der Waals surface area contributed by atoms with E-state index in [0.29, 0.717) is 12.3 Å². The Kier molecular flexibility index (Phi) is 6.78. The summed E-state index contributed by atoms with van der Waals surface area (Å²) in [5.74, 6) is -1.54. The second kappa shape index (κ2) is 9.49. The maximum Gasteiger partial charge on any atom is 0.278 e. The first kappa shape index (κ1) is 21.4. The van der Waals surface area contributed by atoms with Gasteiger partial charge in [0.25, 0.3) is 5.56 Å². The van der Waals surface area contributed by atoms with Crippen LogP contribution in [-0.2, 0) is 11.3 Å². The molecular weight excluding hydrogens is 414 g/mol. The smallest absolute Gasteiger partial charge is 0.278 e. The molecule has 0 aliphatic heterocycles. The molecule has 1 amide bonds. The Balaban J connectivity index is 1.62. The third-order valence-electron chi connectivity index (χ3n) is 4.18. The quantitative estimate of drug-likeness (QED) is 0.578. The van der Waals surface area contributed by atoms with Gasteiger partial charge < -0.3 is 9.64 Å². The number of H-pyrrole nitrogens is 1. The highest BCUT2D eigenvalue weighted by Gasteiger charge is 2.14. The molecular formula is C20H18F2N4O3S. The van der Waals surface area contributed by atoms with Crippen LogP contribution in [0.25, 0.3) is 11.3 Å². The van der Waals surface area contributed by atoms with Crippen molar-refractivity contribution in [1.82, 2.24) is 20.1 Å². The lowest BCUT2D eigenvalue weighted by atomic mass is 10.1. The number of methoxy groups -OCH3 is 1. The van der Waals surface area contributed by atoms with Gasteiger partial charge in [-0.1, -0.05) is 23.9 Å². The van der Waals surface area contributed by atoms with E-state index in [9.17, 15) is 18.4 Å². The molecule has 0 atom stereocenters. The lowest BCUT2D eigenvalue weighted by molar-refractivity contribution is -0.127. The second-order valence-electron chi connectivity index (χ2n) is 6.33. The molecule has 10 heteroatoms. The van der Waals surface area contributed by atoms with Gasteiger partial charge in [0.2, 0.25) is 5.91 Å². The maximum absolute atomic E-state index is 13.4. The minimum atomic E-state index is -1.09. The third-order valence-corrected chi connectivity index (χ3v) is 5.03. The van der Waals surface area contributed by atoms with Gasteiger partial charge >= 0.3 is 0 Å². The molecule has 0 saturated carbocycles. The van der Waals surface area contributed by atoms with Gasteiger partial charge in [-0.15, -0.1) is 10.2 Å². The highest BCUT2D eigenvalue weighted by atomic mass is 32.2. The molecule has 0 unspecified atom stereocenters. The Labute approximate surface area is 175 Å². The molecule has 30 heavy (non-hydrogen) atoms. The first-order valence-electron chi connectivity index (χ1n) is 8.79. The number of carbonyl (C=O) groups excluding carboxylic acids is 1. The van der Waals surface area contributed by atoms with Crippen LogP contribution in [0.1, 0.15) is 5.56 Å². The topological polar surface area (TPSA) is 88.2 Å². The van der Waals surface area contributed by atoms with Crippen LogP contribution in [0.2, 0.25) is 0 Å². The van der Waals surface area contributed by atoms with Gasteiger partial charge in [-0.3, -0.25) is 14.6 Å². The summed E-state index contributed by atoms with van der Waals surface area (Å²) in [6.07, 6.45) is 0. The maximum atomic E-state index is 13.4. The summed E-state index contributed by atoms with van der Waals surface area (Å²) >= 11 is 1.02. The van der Waals surface area contributed by atoms with E-state index in [1.807, 2.05) is 24.3 Å². The summed E-state index contributed by atoms with van der Waals surface area (Å²) in [7, 11) is 3.24. The summed E-state index contributed by atoms with van der Waals surface area (Å²) in [5.41, 5.74) is 0.267. The first-order valence-corrected chi connectivity index (χ1v) is 9.78. The Morgan fingerprint density at radius 2 is 1.97 bits per heavy atom. The fraction of sp³-hybridized carbons (Fsp3) is 0.200. The highest BCUT2D eigenvalue weighted by molar-refractivity contribution is 7.99. The molecule has 0 saturated heterocycles. The molecule has 0 bridgehead atoms. The number of carbonyl (C=O) groups is 1. The largest absolute Gasteiger partial charge is 0.497 e. The number of nitrogens with zero attached hydrogens (tertiary/aromatic N) is 3. The van der Waals surface area contributed by atoms with E-state index < -0.39 is 17.2 Å². The van der Waals surface area contributed by atoms with Gasteiger partial charge in [-0.05, 0) is 35.9 Å². The van der Waals surface area contributed by atoms with E-state index >= 15 is 0 Å². The van der Waals surface area contributed by atoms with E-state index in [1.54, 1.807) is 19.1 Å². The van der Waals surface area contributed by atoms with Crippen LogP contribution in [0.15, 0.2) is 52.4 Å². The van der Waals surface area contributed by atoms with Crippen molar-refractivity contribution in [2.75, 3.05) is 19.9 Å². The van der Waals surface area contributed by atoms with Crippen molar-refractivity contribution in [3.63, 3.8) is 0 Å². The second-order valence-corrected chi connectivity index (χ2v) is 7.29. The Hall–Kier alpha value is -3.27. The SMILES string of the molecule is COc1cccc(CN(C)C(=O)CSc2nnc(-c3ccc(F)c(F)c3)c(=O)[nH]2)c1. The summed E-state index contributed by atoms with van der Waals surface area (Å²) in [5, 5.41) is 7.79. The number of benzene rings is 2. The van der Waals surface area contributed by atoms with Crippen LogP contribution in [0, 0.1) is 11.6 Å². The van der Waals surface area contributed by atoms with Crippen molar-refractivity contribution in [1.29, 1.82) is 0 Å². The summed E-state index contributed by atoms with van der Waals surface area (Å²) in [6.45, 7) is 0.397. The standard InChI is InChI=1S/C20H18F2N4O3S/c1-26(10-12-4-3-5-14(8-12)29-2)17(27)11-30-20-23-19(28)18(24-25-20)13-6-7-15(21)16(22)9-13/h3-9H,10-11H2,1-2H3,(H,23,25,28). The minimum absolute atomic E-state index is 0.0373. The Morgan fingerprint density at radius 3 is 2.67 bits per heavy atom. The van der Waals surface area contributed by atoms with E-state index in [4.69, 9.17) is 4.74 Å². The average Bonchev–Trinajstić information content (AvgIpc) is 2.74. The lowest BCUT2D eigenvalue weighted by Gasteiger charge is -2.17. The van der Waals surface area contributed by atoms with Gasteiger partial charge in [0, 0.05) is 19.2 Å². The molecule has 3 rings (SSSR count). The monoisotopic (exact) mass is 432 g/mol. The van der Waals surface area contributed by atoms with Crippen LogP contribution in [0.4, 0.5) is 8.78 Å². The first-order chi connectivity index (χ1) is 14.4. The summed E-state index contributed by atoms with van der Waals surface area (Å²) in [4.78, 5) is 28.6. The van der Waals surface area contributed by atoms with Crippen LogP contribution < -0.4 is 10.3 Å². The van der Waals surface area contributed by atoms with Crippen molar-refractivity contribution in [3.05, 3.63) is 70.0 Å². The Morgan fingerprint density at radius 1 is 1.17 bits per heavy atom. The fourth-order valence-corrected chi connectivity index (χ4v) is 3.34. The summed E-state index contributed by atoms with van der Waals surface area (Å²) < 4.78 is 31.6. The molecule has 0 radical (unpaired) electrons. The van der Waals surface area contributed by atoms with Gasteiger partial charge in [0.15, 0.2) is 22.5 Å². The number of thioether (sulfide) groups is 1. The number of nitrogens with one attached hydrogen (secondary N) is 1. The summed E-state index contributed by atoms with van der Waals surface area (Å²) in [6, 6.07) is 10.4. The van der Waals surface area contributed by atoms with Crippen molar-refractivity contribution in [2.24, 2.45) is 0 Å². The van der Waals surface area contributed by atoms with Crippen molar-refractivity contribution in [3.8, 4) is 17.0 Å². The molecule has 1 heterocycles. The molecule has 0 spiro atoms. The number of hydrogen-bond donors (Lipinski definition) is 1. The molecule has 1 aromatic heterocycles. The Bertz CT molecular complexity index is 1120. The molecule has 7 nitrogen and oxygen atoms in total. The van der Waals surface area contributed by atoms with E-state index in [-0.39, 0.29) is 28.1 Å². The molecule has 2 aromatic carbocycles. The zero-order valence-electron chi connectivity index (χ0n) is 16.2. The van der Waals surface area contributed by atoms with Crippen molar-refractivity contribution in [2.45, 2.75) is 11.7 Å². The van der Waals surface area contributed by atoms with Gasteiger partial charge in [0.1, 0.15) is 5.75 Å². The molecule has 1 N–H and O–H groups in total. The van der Waals surface area contributed by atoms with Gasteiger partial charge in [0.05, 0.1) is 12.9 Å². The predicted octanol–water partition coefficient (Wildman–Crippen LogP) is 2.87. The molecule has 3 aromatic rings. The number of rotatable bonds is 7. The normalized spacial score (nSPS) is 10.7. The molecule has 0 fully saturated rings. The number of ether oxygens (including phenoxy) is 1. The zero-order valence-corrected chi connectivity index (χ0v) is 17.0. The molecule has 156 valence electrons. The van der Waals surface area contributed by atoms with Crippen LogP contribution >= 0.6 is 11.8 Å². The number of amides is 1. The lowest BCUT2D eigenvalue weighted by Crippen LogP contribution is -2.28. The highest BCUT2D eigenvalue weighted by Crippen LogP contribution is 2.18. The number of hydrogen-bond acceptors (Lipinski definition) is 6. The van der Waals surface area contributed by atoms with Crippen molar-refractivity contribution < 1.29 is 18.3 Å². The van der Waals surface area contributed by atoms with Gasteiger partial charge in [-0.2, -0.15) is 0 Å². The van der Waals surface area contributed by atoms with E-state index in [2.05, 4.69) is 15.2 Å². The average molecular weight is 432 g/mol. The third kappa shape index (κ3) is 5.20. The minimum Gasteiger partial charge on any atom is -0.497 e. The molecule has 0 aliphatic carbocycles. The number of aromatic nitrogens is 3. The van der Waals surface area contributed by atoms with Crippen molar-refractivity contribution >= 4 is 17.7 Å². The van der Waals surface area contributed by atoms with Crippen LogP contribution in [-0.4, -0.2) is 45.9 Å². The van der Waals surface area contributed by atoms with Crippen LogP contribution in [0.5, 0.6) is 5.75 Å². The number of halogens is 2. The van der Waals surface area contributed by atoms with E-state index in [0.717, 1.165) is 29.5 Å². The van der Waals surface area contributed by atoms with Gasteiger partial charge in [-0.25, -0.2) is 8.78 Å². The fourth-order valence-electron chi connectivity index (χ4n) is 2.59.